The molecule has 1 aliphatic carbocycles. The van der Waals surface area contributed by atoms with Gasteiger partial charge in [0.05, 0.1) is 0 Å². The molecule has 170 valence electrons. The number of carbonyl (C=O) groups is 2. The number of aromatic nitrogens is 2. The average molecular weight is 441 g/mol. The fourth-order valence-corrected chi connectivity index (χ4v) is 4.27. The van der Waals surface area contributed by atoms with E-state index in [9.17, 15) is 19.2 Å². The number of hydrogen-bond donors (Lipinski definition) is 2. The van der Waals surface area contributed by atoms with Crippen molar-refractivity contribution < 1.29 is 14.0 Å². The Balaban J connectivity index is 1.76. The minimum absolute atomic E-state index is 0.0409. The summed E-state index contributed by atoms with van der Waals surface area (Å²) in [5.41, 5.74) is -0.714. The summed E-state index contributed by atoms with van der Waals surface area (Å²) < 4.78 is 7.84. The highest BCUT2D eigenvalue weighted by atomic mass is 16.3. The molecule has 1 saturated carbocycles. The molecular formula is C23H28N4O5. The van der Waals surface area contributed by atoms with Crippen molar-refractivity contribution in [2.45, 2.75) is 64.6 Å². The predicted molar refractivity (Wildman–Crippen MR) is 121 cm³/mol. The SMILES string of the molecule is CCCCNC(=O)Cn1c(=O)n(CC(=O)NC2CCCC2)c(=O)c2oc3ccccc3c21. The Morgan fingerprint density at radius 2 is 1.78 bits per heavy atom. The molecule has 4 rings (SSSR count). The normalized spacial score (nSPS) is 14.3. The molecule has 9 heteroatoms. The summed E-state index contributed by atoms with van der Waals surface area (Å²) in [7, 11) is 0. The Hall–Kier alpha value is -3.36. The van der Waals surface area contributed by atoms with Gasteiger partial charge in [-0.2, -0.15) is 0 Å². The van der Waals surface area contributed by atoms with Gasteiger partial charge in [0.2, 0.25) is 17.4 Å². The van der Waals surface area contributed by atoms with Crippen molar-refractivity contribution in [2.24, 2.45) is 0 Å². The maximum atomic E-state index is 13.3. The van der Waals surface area contributed by atoms with E-state index in [2.05, 4.69) is 10.6 Å². The lowest BCUT2D eigenvalue weighted by Gasteiger charge is -2.14. The highest BCUT2D eigenvalue weighted by Gasteiger charge is 2.23. The first-order valence-corrected chi connectivity index (χ1v) is 11.2. The van der Waals surface area contributed by atoms with E-state index in [0.29, 0.717) is 17.5 Å². The van der Waals surface area contributed by atoms with Crippen molar-refractivity contribution in [1.29, 1.82) is 0 Å². The first kappa shape index (κ1) is 21.9. The van der Waals surface area contributed by atoms with Crippen molar-refractivity contribution in [3.05, 3.63) is 45.1 Å². The van der Waals surface area contributed by atoms with Crippen LogP contribution in [0.4, 0.5) is 0 Å². The van der Waals surface area contributed by atoms with E-state index >= 15 is 0 Å². The zero-order chi connectivity index (χ0) is 22.7. The maximum Gasteiger partial charge on any atom is 0.332 e. The lowest BCUT2D eigenvalue weighted by Crippen LogP contribution is -2.46. The second-order valence-corrected chi connectivity index (χ2v) is 8.29. The van der Waals surface area contributed by atoms with Crippen LogP contribution < -0.4 is 21.9 Å². The van der Waals surface area contributed by atoms with E-state index in [4.69, 9.17) is 4.42 Å². The van der Waals surface area contributed by atoms with Gasteiger partial charge < -0.3 is 15.1 Å². The van der Waals surface area contributed by atoms with Crippen LogP contribution in [0.15, 0.2) is 38.3 Å². The number of furan rings is 1. The average Bonchev–Trinajstić information content (AvgIpc) is 3.42. The third kappa shape index (κ3) is 4.32. The van der Waals surface area contributed by atoms with Gasteiger partial charge in [0.15, 0.2) is 0 Å². The van der Waals surface area contributed by atoms with Gasteiger partial charge >= 0.3 is 5.69 Å². The van der Waals surface area contributed by atoms with Crippen LogP contribution in [0.25, 0.3) is 22.1 Å². The molecule has 2 amide bonds. The monoisotopic (exact) mass is 440 g/mol. The zero-order valence-corrected chi connectivity index (χ0v) is 18.2. The summed E-state index contributed by atoms with van der Waals surface area (Å²) in [6, 6.07) is 7.04. The number of unbranched alkanes of at least 4 members (excludes halogenated alkanes) is 1. The van der Waals surface area contributed by atoms with Crippen LogP contribution in [0, 0.1) is 0 Å². The summed E-state index contributed by atoms with van der Waals surface area (Å²) in [5.74, 6) is -0.738. The van der Waals surface area contributed by atoms with Crippen LogP contribution in [0.5, 0.6) is 0 Å². The summed E-state index contributed by atoms with van der Waals surface area (Å²) in [5, 5.41) is 6.26. The third-order valence-corrected chi connectivity index (χ3v) is 5.92. The summed E-state index contributed by atoms with van der Waals surface area (Å²) in [4.78, 5) is 51.5. The van der Waals surface area contributed by atoms with E-state index in [1.165, 1.54) is 4.57 Å². The fraction of sp³-hybridized carbons (Fsp3) is 0.478. The van der Waals surface area contributed by atoms with Crippen molar-refractivity contribution in [3.63, 3.8) is 0 Å². The number of amides is 2. The molecular weight excluding hydrogens is 412 g/mol. The topological polar surface area (TPSA) is 115 Å². The number of nitrogens with one attached hydrogen (secondary N) is 2. The molecule has 0 spiro atoms. The Kier molecular flexibility index (Phi) is 6.43. The van der Waals surface area contributed by atoms with Crippen LogP contribution in [0.2, 0.25) is 0 Å². The molecule has 0 saturated heterocycles. The van der Waals surface area contributed by atoms with Crippen LogP contribution >= 0.6 is 0 Å². The van der Waals surface area contributed by atoms with Gasteiger partial charge in [0.1, 0.15) is 24.2 Å². The number of nitrogens with zero attached hydrogens (tertiary/aromatic N) is 2. The molecule has 2 heterocycles. The van der Waals surface area contributed by atoms with Gasteiger partial charge in [-0.25, -0.2) is 9.36 Å². The standard InChI is InChI=1S/C23H28N4O5/c1-2-3-12-24-18(28)13-26-20-16-10-6-7-11-17(16)32-21(20)22(30)27(23(26)31)14-19(29)25-15-8-4-5-9-15/h6-7,10-11,15H,2-5,8-9,12-14H2,1H3,(H,24,28)(H,25,29). The Morgan fingerprint density at radius 1 is 1.06 bits per heavy atom. The lowest BCUT2D eigenvalue weighted by molar-refractivity contribution is -0.122. The van der Waals surface area contributed by atoms with Crippen LogP contribution in [0.3, 0.4) is 0 Å². The number of para-hydroxylation sites is 1. The number of hydrogen-bond acceptors (Lipinski definition) is 5. The molecule has 3 aromatic rings. The molecule has 9 nitrogen and oxygen atoms in total. The van der Waals surface area contributed by atoms with Crippen molar-refractivity contribution >= 4 is 33.9 Å². The molecule has 0 radical (unpaired) electrons. The summed E-state index contributed by atoms with van der Waals surface area (Å²) in [6.07, 6.45) is 5.64. The van der Waals surface area contributed by atoms with Crippen LogP contribution in [0.1, 0.15) is 45.4 Å². The Morgan fingerprint density at radius 3 is 2.53 bits per heavy atom. The quantitative estimate of drug-likeness (QED) is 0.519. The second-order valence-electron chi connectivity index (χ2n) is 8.29. The molecule has 2 aromatic heterocycles. The number of fused-ring (bicyclic) bond motifs is 3. The second kappa shape index (κ2) is 9.42. The number of carbonyl (C=O) groups excluding carboxylic acids is 2. The first-order valence-electron chi connectivity index (χ1n) is 11.2. The molecule has 2 N–H and O–H groups in total. The highest BCUT2D eigenvalue weighted by molar-refractivity contribution is 6.02. The van der Waals surface area contributed by atoms with E-state index in [1.807, 2.05) is 6.92 Å². The van der Waals surface area contributed by atoms with Gasteiger partial charge in [-0.05, 0) is 31.4 Å². The number of benzene rings is 1. The minimum Gasteiger partial charge on any atom is -0.449 e. The van der Waals surface area contributed by atoms with Crippen molar-refractivity contribution in [2.75, 3.05) is 6.54 Å². The summed E-state index contributed by atoms with van der Waals surface area (Å²) in [6.45, 7) is 1.83. The van der Waals surface area contributed by atoms with Crippen LogP contribution in [-0.2, 0) is 22.7 Å². The van der Waals surface area contributed by atoms with E-state index in [1.54, 1.807) is 24.3 Å². The van der Waals surface area contributed by atoms with Gasteiger partial charge in [0.25, 0.3) is 5.56 Å². The molecule has 32 heavy (non-hydrogen) atoms. The molecule has 1 aromatic carbocycles. The Labute approximate surface area is 184 Å². The van der Waals surface area contributed by atoms with E-state index in [0.717, 1.165) is 43.1 Å². The van der Waals surface area contributed by atoms with Crippen molar-refractivity contribution in [3.8, 4) is 0 Å². The maximum absolute atomic E-state index is 13.3. The zero-order valence-electron chi connectivity index (χ0n) is 18.2. The summed E-state index contributed by atoms with van der Waals surface area (Å²) >= 11 is 0. The molecule has 1 fully saturated rings. The highest BCUT2D eigenvalue weighted by Crippen LogP contribution is 2.25. The predicted octanol–water partition coefficient (Wildman–Crippen LogP) is 1.88. The van der Waals surface area contributed by atoms with Crippen LogP contribution in [-0.4, -0.2) is 33.5 Å². The number of rotatable bonds is 8. The van der Waals surface area contributed by atoms with Gasteiger partial charge in [-0.15, -0.1) is 0 Å². The van der Waals surface area contributed by atoms with Gasteiger partial charge in [0, 0.05) is 18.0 Å². The van der Waals surface area contributed by atoms with Gasteiger partial charge in [-0.1, -0.05) is 38.3 Å². The lowest BCUT2D eigenvalue weighted by atomic mass is 10.2. The smallest absolute Gasteiger partial charge is 0.332 e. The molecule has 0 unspecified atom stereocenters. The molecule has 0 aliphatic heterocycles. The minimum atomic E-state index is -0.707. The van der Waals surface area contributed by atoms with Gasteiger partial charge in [-0.3, -0.25) is 19.0 Å². The van der Waals surface area contributed by atoms with E-state index in [-0.39, 0.29) is 29.6 Å². The molecule has 0 bridgehead atoms. The molecule has 1 aliphatic rings. The van der Waals surface area contributed by atoms with Crippen molar-refractivity contribution in [1.82, 2.24) is 19.8 Å². The van der Waals surface area contributed by atoms with E-state index < -0.39 is 23.7 Å². The largest absolute Gasteiger partial charge is 0.449 e. The fourth-order valence-electron chi connectivity index (χ4n) is 4.27. The third-order valence-electron chi connectivity index (χ3n) is 5.92. The Bertz CT molecular complexity index is 1260. The first-order chi connectivity index (χ1) is 15.5. The molecule has 0 atom stereocenters.